The molecule has 0 bridgehead atoms. The van der Waals surface area contributed by atoms with Gasteiger partial charge in [0.25, 0.3) is 11.5 Å². The number of ether oxygens (including phenoxy) is 2. The van der Waals surface area contributed by atoms with Crippen LogP contribution in [0.25, 0.3) is 5.69 Å². The third-order valence-corrected chi connectivity index (χ3v) is 5.20. The van der Waals surface area contributed by atoms with Crippen molar-refractivity contribution in [2.75, 3.05) is 10.6 Å². The fraction of sp³-hybridized carbons (Fsp3) is 0.308. The predicted molar refractivity (Wildman–Crippen MR) is 136 cm³/mol. The number of carbonyl (C=O) groups is 3. The Labute approximate surface area is 208 Å². The Kier molecular flexibility index (Phi) is 7.67. The predicted octanol–water partition coefficient (Wildman–Crippen LogP) is 4.02. The Bertz CT molecular complexity index is 1330. The van der Waals surface area contributed by atoms with E-state index in [1.165, 1.54) is 23.7 Å². The van der Waals surface area contributed by atoms with Gasteiger partial charge in [-0.25, -0.2) is 14.3 Å². The highest BCUT2D eigenvalue weighted by Gasteiger charge is 2.24. The van der Waals surface area contributed by atoms with Crippen molar-refractivity contribution in [3.05, 3.63) is 76.2 Å². The van der Waals surface area contributed by atoms with Crippen molar-refractivity contribution in [2.45, 2.75) is 46.3 Å². The molecular weight excluding hydrogens is 464 g/mol. The second-order valence-electron chi connectivity index (χ2n) is 9.18. The van der Waals surface area contributed by atoms with E-state index in [0.29, 0.717) is 17.1 Å². The number of hydrogen-bond donors (Lipinski definition) is 2. The first-order valence-corrected chi connectivity index (χ1v) is 11.3. The van der Waals surface area contributed by atoms with E-state index in [0.717, 1.165) is 0 Å². The molecule has 0 saturated carbocycles. The lowest BCUT2D eigenvalue weighted by Crippen LogP contribution is -2.32. The average molecular weight is 495 g/mol. The van der Waals surface area contributed by atoms with Crippen molar-refractivity contribution in [1.29, 1.82) is 0 Å². The standard InChI is InChI=1S/C26H30N4O6/c1-16-21(23(32)30(29(16)6)20-13-8-7-9-14-20)28-22(31)17(2)35-24(33)18-11-10-12-19(15-18)27-25(34)36-26(3,4)5/h7-15,17H,1-6H3,(H,27,34)(H,28,31). The minimum atomic E-state index is -1.19. The van der Waals surface area contributed by atoms with Crippen LogP contribution in [0, 0.1) is 6.92 Å². The maximum Gasteiger partial charge on any atom is 0.412 e. The minimum absolute atomic E-state index is 0.0952. The molecule has 0 fully saturated rings. The summed E-state index contributed by atoms with van der Waals surface area (Å²) in [7, 11) is 1.71. The van der Waals surface area contributed by atoms with Gasteiger partial charge in [-0.2, -0.15) is 0 Å². The zero-order chi connectivity index (χ0) is 26.6. The van der Waals surface area contributed by atoms with Crippen molar-refractivity contribution in [2.24, 2.45) is 7.05 Å². The van der Waals surface area contributed by atoms with Gasteiger partial charge in [0.2, 0.25) is 0 Å². The van der Waals surface area contributed by atoms with Gasteiger partial charge in [0.1, 0.15) is 11.3 Å². The summed E-state index contributed by atoms with van der Waals surface area (Å²) in [4.78, 5) is 50.4. The van der Waals surface area contributed by atoms with Gasteiger partial charge >= 0.3 is 12.1 Å². The largest absolute Gasteiger partial charge is 0.449 e. The van der Waals surface area contributed by atoms with Gasteiger partial charge in [-0.15, -0.1) is 0 Å². The number of aromatic nitrogens is 2. The van der Waals surface area contributed by atoms with Crippen molar-refractivity contribution >= 4 is 29.3 Å². The lowest BCUT2D eigenvalue weighted by atomic mass is 10.2. The van der Waals surface area contributed by atoms with Gasteiger partial charge < -0.3 is 14.8 Å². The molecule has 10 nitrogen and oxygen atoms in total. The van der Waals surface area contributed by atoms with E-state index in [1.807, 2.05) is 18.2 Å². The summed E-state index contributed by atoms with van der Waals surface area (Å²) >= 11 is 0. The van der Waals surface area contributed by atoms with E-state index in [9.17, 15) is 19.2 Å². The molecule has 0 aliphatic carbocycles. The van der Waals surface area contributed by atoms with Crippen LogP contribution in [0.15, 0.2) is 59.4 Å². The van der Waals surface area contributed by atoms with E-state index in [2.05, 4.69) is 10.6 Å². The minimum Gasteiger partial charge on any atom is -0.449 e. The van der Waals surface area contributed by atoms with Crippen LogP contribution < -0.4 is 16.2 Å². The maximum atomic E-state index is 13.0. The normalized spacial score (nSPS) is 11.9. The number of amides is 2. The monoisotopic (exact) mass is 494 g/mol. The number of hydrogen-bond acceptors (Lipinski definition) is 6. The van der Waals surface area contributed by atoms with Crippen LogP contribution in [0.2, 0.25) is 0 Å². The first-order chi connectivity index (χ1) is 16.9. The first kappa shape index (κ1) is 26.3. The molecule has 36 heavy (non-hydrogen) atoms. The van der Waals surface area contributed by atoms with Crippen LogP contribution in [-0.4, -0.2) is 39.0 Å². The first-order valence-electron chi connectivity index (χ1n) is 11.3. The molecule has 1 atom stereocenters. The Balaban J connectivity index is 1.69. The molecule has 1 unspecified atom stereocenters. The highest BCUT2D eigenvalue weighted by molar-refractivity contribution is 5.98. The van der Waals surface area contributed by atoms with Gasteiger partial charge in [-0.1, -0.05) is 24.3 Å². The van der Waals surface area contributed by atoms with Crippen molar-refractivity contribution < 1.29 is 23.9 Å². The highest BCUT2D eigenvalue weighted by Crippen LogP contribution is 2.17. The van der Waals surface area contributed by atoms with E-state index < -0.39 is 35.2 Å². The molecule has 190 valence electrons. The third-order valence-electron chi connectivity index (χ3n) is 5.20. The molecule has 2 aromatic carbocycles. The molecule has 2 amide bonds. The van der Waals surface area contributed by atoms with Crippen LogP contribution >= 0.6 is 0 Å². The van der Waals surface area contributed by atoms with Crippen LogP contribution in [-0.2, 0) is 21.3 Å². The summed E-state index contributed by atoms with van der Waals surface area (Å²) < 4.78 is 13.6. The molecule has 3 rings (SSSR count). The Hall–Kier alpha value is -4.34. The Morgan fingerprint density at radius 2 is 1.64 bits per heavy atom. The summed E-state index contributed by atoms with van der Waals surface area (Å²) in [5, 5.41) is 5.13. The lowest BCUT2D eigenvalue weighted by molar-refractivity contribution is -0.123. The molecule has 10 heteroatoms. The second kappa shape index (κ2) is 10.5. The number of anilines is 2. The van der Waals surface area contributed by atoms with Gasteiger partial charge in [0, 0.05) is 12.7 Å². The quantitative estimate of drug-likeness (QED) is 0.500. The number of nitrogens with one attached hydrogen (secondary N) is 2. The SMILES string of the molecule is Cc1c(NC(=O)C(C)OC(=O)c2cccc(NC(=O)OC(C)(C)C)c2)c(=O)n(-c2ccccc2)n1C. The van der Waals surface area contributed by atoms with E-state index in [-0.39, 0.29) is 11.3 Å². The molecule has 1 heterocycles. The molecule has 0 aliphatic heterocycles. The summed E-state index contributed by atoms with van der Waals surface area (Å²) in [6.07, 6.45) is -1.86. The molecule has 1 aromatic heterocycles. The van der Waals surface area contributed by atoms with Crippen molar-refractivity contribution in [1.82, 2.24) is 9.36 Å². The number of para-hydroxylation sites is 1. The van der Waals surface area contributed by atoms with Gasteiger partial charge in [-0.05, 0) is 65.0 Å². The molecule has 3 aromatic rings. The Morgan fingerprint density at radius 3 is 2.28 bits per heavy atom. The van der Waals surface area contributed by atoms with E-state index >= 15 is 0 Å². The molecule has 0 aliphatic rings. The zero-order valence-electron chi connectivity index (χ0n) is 21.1. The van der Waals surface area contributed by atoms with Crippen LogP contribution in [0.4, 0.5) is 16.2 Å². The van der Waals surface area contributed by atoms with Gasteiger partial charge in [-0.3, -0.25) is 19.6 Å². The average Bonchev–Trinajstić information content (AvgIpc) is 3.01. The topological polar surface area (TPSA) is 121 Å². The van der Waals surface area contributed by atoms with Crippen LogP contribution in [0.5, 0.6) is 0 Å². The van der Waals surface area contributed by atoms with Gasteiger partial charge in [0.15, 0.2) is 6.10 Å². The summed E-state index contributed by atoms with van der Waals surface area (Å²) in [5.41, 5.74) is 0.657. The molecule has 0 spiro atoms. The van der Waals surface area contributed by atoms with Crippen LogP contribution in [0.1, 0.15) is 43.7 Å². The van der Waals surface area contributed by atoms with Crippen LogP contribution in [0.3, 0.4) is 0 Å². The number of carbonyl (C=O) groups excluding carboxylic acids is 3. The number of rotatable bonds is 6. The molecule has 0 radical (unpaired) electrons. The molecule has 0 saturated heterocycles. The van der Waals surface area contributed by atoms with E-state index in [1.54, 1.807) is 63.7 Å². The number of nitrogens with zero attached hydrogens (tertiary/aromatic N) is 2. The maximum absolute atomic E-state index is 13.0. The summed E-state index contributed by atoms with van der Waals surface area (Å²) in [6, 6.07) is 15.1. The lowest BCUT2D eigenvalue weighted by Gasteiger charge is -2.19. The molecular formula is C26H30N4O6. The van der Waals surface area contributed by atoms with Gasteiger partial charge in [0.05, 0.1) is 16.9 Å². The third kappa shape index (κ3) is 6.21. The smallest absolute Gasteiger partial charge is 0.412 e. The number of esters is 1. The highest BCUT2D eigenvalue weighted by atomic mass is 16.6. The van der Waals surface area contributed by atoms with Crippen molar-refractivity contribution in [3.63, 3.8) is 0 Å². The summed E-state index contributed by atoms with van der Waals surface area (Å²) in [6.45, 7) is 8.32. The van der Waals surface area contributed by atoms with Crippen molar-refractivity contribution in [3.8, 4) is 5.69 Å². The Morgan fingerprint density at radius 1 is 0.972 bits per heavy atom. The summed E-state index contributed by atoms with van der Waals surface area (Å²) in [5.74, 6) is -1.42. The number of benzene rings is 2. The zero-order valence-corrected chi connectivity index (χ0v) is 21.1. The second-order valence-corrected chi connectivity index (χ2v) is 9.18. The fourth-order valence-corrected chi connectivity index (χ4v) is 3.36. The fourth-order valence-electron chi connectivity index (χ4n) is 3.36. The van der Waals surface area contributed by atoms with E-state index in [4.69, 9.17) is 9.47 Å². The molecule has 2 N–H and O–H groups in total.